The average Bonchev–Trinajstić information content (AvgIpc) is 3.22. The molecule has 1 fully saturated rings. The Morgan fingerprint density at radius 1 is 1.35 bits per heavy atom. The molecule has 0 radical (unpaired) electrons. The molecule has 4 rings (SSSR count). The van der Waals surface area contributed by atoms with Crippen LogP contribution in [0.1, 0.15) is 28.2 Å². The molecule has 0 spiro atoms. The van der Waals surface area contributed by atoms with Gasteiger partial charge < -0.3 is 19.0 Å². The standard InChI is InChI=1S/C16H16N4O3/c1-10-18-19-15(23-10)13-9-22-8-7-20(13)16(21)12-4-2-3-11-5-6-17-14(11)12/h2-6,13,17H,7-9H2,1H3/t13-/m0/s1. The van der Waals surface area contributed by atoms with E-state index in [4.69, 9.17) is 9.15 Å². The third-order valence-electron chi connectivity index (χ3n) is 4.03. The fraction of sp³-hybridized carbons (Fsp3) is 0.312. The van der Waals surface area contributed by atoms with Crippen LogP contribution in [0.2, 0.25) is 0 Å². The van der Waals surface area contributed by atoms with Gasteiger partial charge in [0.25, 0.3) is 5.91 Å². The maximum Gasteiger partial charge on any atom is 0.256 e. The second kappa shape index (κ2) is 5.51. The van der Waals surface area contributed by atoms with Crippen LogP contribution in [-0.4, -0.2) is 45.7 Å². The summed E-state index contributed by atoms with van der Waals surface area (Å²) in [5.74, 6) is 0.820. The molecule has 1 aliphatic rings. The van der Waals surface area contributed by atoms with Gasteiger partial charge in [-0.25, -0.2) is 0 Å². The van der Waals surface area contributed by atoms with Crippen LogP contribution in [-0.2, 0) is 4.74 Å². The van der Waals surface area contributed by atoms with Crippen molar-refractivity contribution >= 4 is 16.8 Å². The molecule has 0 aliphatic carbocycles. The maximum atomic E-state index is 13.1. The molecule has 7 nitrogen and oxygen atoms in total. The first-order chi connectivity index (χ1) is 11.2. The third kappa shape index (κ3) is 2.39. The number of aromatic amines is 1. The number of morpholine rings is 1. The van der Waals surface area contributed by atoms with Gasteiger partial charge in [0.2, 0.25) is 11.8 Å². The van der Waals surface area contributed by atoms with Gasteiger partial charge in [0.15, 0.2) is 0 Å². The third-order valence-corrected chi connectivity index (χ3v) is 4.03. The minimum Gasteiger partial charge on any atom is -0.423 e. The topological polar surface area (TPSA) is 84.3 Å². The zero-order valence-electron chi connectivity index (χ0n) is 12.7. The first-order valence-corrected chi connectivity index (χ1v) is 7.49. The summed E-state index contributed by atoms with van der Waals surface area (Å²) in [6.45, 7) is 3.07. The molecular weight excluding hydrogens is 296 g/mol. The Morgan fingerprint density at radius 3 is 3.09 bits per heavy atom. The lowest BCUT2D eigenvalue weighted by Gasteiger charge is -2.33. The SMILES string of the molecule is Cc1nnc([C@@H]2COCCN2C(=O)c2cccc3cc[nH]c23)o1. The lowest BCUT2D eigenvalue weighted by Crippen LogP contribution is -2.43. The predicted molar refractivity (Wildman–Crippen MR) is 81.9 cm³/mol. The quantitative estimate of drug-likeness (QED) is 0.783. The molecule has 1 amide bonds. The summed E-state index contributed by atoms with van der Waals surface area (Å²) in [5, 5.41) is 8.91. The van der Waals surface area contributed by atoms with E-state index in [0.717, 1.165) is 10.9 Å². The van der Waals surface area contributed by atoms with Crippen molar-refractivity contribution in [1.29, 1.82) is 0 Å². The Morgan fingerprint density at radius 2 is 2.26 bits per heavy atom. The van der Waals surface area contributed by atoms with Gasteiger partial charge in [-0.05, 0) is 12.1 Å². The van der Waals surface area contributed by atoms with Gasteiger partial charge in [0.05, 0.1) is 24.3 Å². The highest BCUT2D eigenvalue weighted by atomic mass is 16.5. The van der Waals surface area contributed by atoms with E-state index in [-0.39, 0.29) is 11.9 Å². The first-order valence-electron chi connectivity index (χ1n) is 7.49. The molecule has 1 saturated heterocycles. The van der Waals surface area contributed by atoms with Crippen molar-refractivity contribution in [2.45, 2.75) is 13.0 Å². The van der Waals surface area contributed by atoms with Gasteiger partial charge in [0.1, 0.15) is 6.04 Å². The van der Waals surface area contributed by atoms with Crippen LogP contribution in [0.25, 0.3) is 10.9 Å². The molecule has 1 N–H and O–H groups in total. The smallest absolute Gasteiger partial charge is 0.256 e. The Bertz CT molecular complexity index is 854. The molecule has 2 aromatic heterocycles. The second-order valence-corrected chi connectivity index (χ2v) is 5.50. The van der Waals surface area contributed by atoms with Crippen molar-refractivity contribution in [1.82, 2.24) is 20.1 Å². The maximum absolute atomic E-state index is 13.1. The number of hydrogen-bond donors (Lipinski definition) is 1. The fourth-order valence-electron chi connectivity index (χ4n) is 2.92. The van der Waals surface area contributed by atoms with Gasteiger partial charge in [0, 0.05) is 25.1 Å². The van der Waals surface area contributed by atoms with Crippen LogP contribution < -0.4 is 0 Å². The largest absolute Gasteiger partial charge is 0.423 e. The summed E-state index contributed by atoms with van der Waals surface area (Å²) in [6.07, 6.45) is 1.83. The highest BCUT2D eigenvalue weighted by Gasteiger charge is 2.33. The van der Waals surface area contributed by atoms with E-state index in [1.54, 1.807) is 11.8 Å². The number of carbonyl (C=O) groups is 1. The molecule has 1 aliphatic heterocycles. The van der Waals surface area contributed by atoms with Crippen molar-refractivity contribution in [2.75, 3.05) is 19.8 Å². The van der Waals surface area contributed by atoms with Crippen LogP contribution in [0.3, 0.4) is 0 Å². The number of fused-ring (bicyclic) bond motifs is 1. The number of amides is 1. The second-order valence-electron chi connectivity index (χ2n) is 5.50. The van der Waals surface area contributed by atoms with Crippen molar-refractivity contribution < 1.29 is 13.9 Å². The van der Waals surface area contributed by atoms with Crippen LogP contribution in [0.4, 0.5) is 0 Å². The highest BCUT2D eigenvalue weighted by Crippen LogP contribution is 2.27. The monoisotopic (exact) mass is 312 g/mol. The Labute approximate surface area is 132 Å². The summed E-state index contributed by atoms with van der Waals surface area (Å²) in [4.78, 5) is 17.9. The summed E-state index contributed by atoms with van der Waals surface area (Å²) in [5.41, 5.74) is 1.47. The number of carbonyl (C=O) groups excluding carboxylic acids is 1. The normalized spacial score (nSPS) is 18.5. The van der Waals surface area contributed by atoms with E-state index >= 15 is 0 Å². The number of aryl methyl sites for hydroxylation is 1. The van der Waals surface area contributed by atoms with Crippen LogP contribution in [0.5, 0.6) is 0 Å². The van der Waals surface area contributed by atoms with Crippen LogP contribution in [0, 0.1) is 6.92 Å². The molecule has 0 saturated carbocycles. The van der Waals surface area contributed by atoms with E-state index < -0.39 is 0 Å². The lowest BCUT2D eigenvalue weighted by molar-refractivity contribution is -0.0105. The molecule has 1 aromatic carbocycles. The number of para-hydroxylation sites is 1. The van der Waals surface area contributed by atoms with Crippen molar-refractivity contribution in [3.8, 4) is 0 Å². The number of benzene rings is 1. The number of hydrogen-bond acceptors (Lipinski definition) is 5. The lowest BCUT2D eigenvalue weighted by atomic mass is 10.1. The zero-order valence-corrected chi connectivity index (χ0v) is 12.7. The van der Waals surface area contributed by atoms with Crippen LogP contribution >= 0.6 is 0 Å². The summed E-state index contributed by atoms with van der Waals surface area (Å²) in [6, 6.07) is 7.27. The van der Waals surface area contributed by atoms with Gasteiger partial charge in [-0.2, -0.15) is 0 Å². The number of rotatable bonds is 2. The molecule has 23 heavy (non-hydrogen) atoms. The fourth-order valence-corrected chi connectivity index (χ4v) is 2.92. The average molecular weight is 312 g/mol. The van der Waals surface area contributed by atoms with Gasteiger partial charge >= 0.3 is 0 Å². The molecule has 0 bridgehead atoms. The predicted octanol–water partition coefficient (Wildman–Crippen LogP) is 2.07. The van der Waals surface area contributed by atoms with Gasteiger partial charge in [-0.1, -0.05) is 12.1 Å². The van der Waals surface area contributed by atoms with E-state index in [1.165, 1.54) is 0 Å². The molecule has 3 aromatic rings. The van der Waals surface area contributed by atoms with Crippen molar-refractivity contribution in [3.05, 3.63) is 47.8 Å². The Balaban J connectivity index is 1.72. The molecule has 1 atom stereocenters. The van der Waals surface area contributed by atoms with E-state index in [9.17, 15) is 4.79 Å². The molecule has 3 heterocycles. The zero-order chi connectivity index (χ0) is 15.8. The molecular formula is C16H16N4O3. The number of ether oxygens (including phenoxy) is 1. The van der Waals surface area contributed by atoms with Gasteiger partial charge in [-0.3, -0.25) is 4.79 Å². The summed E-state index contributed by atoms with van der Waals surface area (Å²) in [7, 11) is 0. The number of nitrogens with one attached hydrogen (secondary N) is 1. The Kier molecular flexibility index (Phi) is 3.34. The van der Waals surface area contributed by atoms with E-state index in [0.29, 0.717) is 37.1 Å². The molecule has 0 unspecified atom stereocenters. The number of aromatic nitrogens is 3. The minimum atomic E-state index is -0.359. The summed E-state index contributed by atoms with van der Waals surface area (Å²) >= 11 is 0. The van der Waals surface area contributed by atoms with E-state index in [1.807, 2.05) is 30.5 Å². The van der Waals surface area contributed by atoms with E-state index in [2.05, 4.69) is 15.2 Å². The molecule has 118 valence electrons. The summed E-state index contributed by atoms with van der Waals surface area (Å²) < 4.78 is 11.0. The highest BCUT2D eigenvalue weighted by molar-refractivity contribution is 6.05. The van der Waals surface area contributed by atoms with Gasteiger partial charge in [-0.15, -0.1) is 10.2 Å². The minimum absolute atomic E-state index is 0.0674. The van der Waals surface area contributed by atoms with Crippen LogP contribution in [0.15, 0.2) is 34.9 Å². The molecule has 7 heteroatoms. The number of H-pyrrole nitrogens is 1. The first kappa shape index (κ1) is 14.0. The van der Waals surface area contributed by atoms with Crippen molar-refractivity contribution in [3.63, 3.8) is 0 Å². The number of nitrogens with zero attached hydrogens (tertiary/aromatic N) is 3. The van der Waals surface area contributed by atoms with Crippen molar-refractivity contribution in [2.24, 2.45) is 0 Å². The Hall–Kier alpha value is -2.67.